The Morgan fingerprint density at radius 1 is 1.12 bits per heavy atom. The molecule has 5 nitrogen and oxygen atoms in total. The van der Waals surface area contributed by atoms with Crippen molar-refractivity contribution in [2.24, 2.45) is 0 Å². The number of nitrogen functional groups attached to an aromatic ring is 1. The van der Waals surface area contributed by atoms with E-state index in [4.69, 9.17) is 14.7 Å². The highest BCUT2D eigenvalue weighted by Gasteiger charge is 2.19. The second kappa shape index (κ2) is 3.79. The van der Waals surface area contributed by atoms with Gasteiger partial charge in [-0.25, -0.2) is 0 Å². The van der Waals surface area contributed by atoms with Crippen molar-refractivity contribution in [3.8, 4) is 22.6 Å². The molecule has 0 saturated heterocycles. The van der Waals surface area contributed by atoms with Gasteiger partial charge in [0.15, 0.2) is 11.6 Å². The maximum absolute atomic E-state index is 5.81. The molecular weight excluding hydrogens is 218 g/mol. The van der Waals surface area contributed by atoms with E-state index in [1.807, 2.05) is 12.1 Å². The van der Waals surface area contributed by atoms with Crippen LogP contribution in [0.25, 0.3) is 22.6 Å². The molecule has 0 spiro atoms. The van der Waals surface area contributed by atoms with Crippen LogP contribution in [0.1, 0.15) is 0 Å². The van der Waals surface area contributed by atoms with Gasteiger partial charge in [-0.1, -0.05) is 5.16 Å². The molecule has 0 saturated carbocycles. The van der Waals surface area contributed by atoms with Crippen LogP contribution in [0, 0.1) is 0 Å². The molecule has 3 heterocycles. The fourth-order valence-corrected chi connectivity index (χ4v) is 1.68. The Balaban J connectivity index is 2.20. The Bertz CT molecular complexity index is 615. The minimum Gasteiger partial charge on any atom is -0.461 e. The fraction of sp³-hybridized carbons (Fsp3) is 0. The molecule has 0 aliphatic heterocycles. The number of rotatable bonds is 2. The molecule has 0 amide bonds. The van der Waals surface area contributed by atoms with Gasteiger partial charge in [0.1, 0.15) is 0 Å². The molecule has 0 atom stereocenters. The highest BCUT2D eigenvalue weighted by Crippen LogP contribution is 2.36. The SMILES string of the molecule is Nc1noc(-c2ccco2)c1-c1ccncc1. The van der Waals surface area contributed by atoms with Gasteiger partial charge in [0.05, 0.1) is 11.8 Å². The summed E-state index contributed by atoms with van der Waals surface area (Å²) in [6, 6.07) is 7.26. The highest BCUT2D eigenvalue weighted by molar-refractivity contribution is 5.84. The van der Waals surface area contributed by atoms with E-state index in [2.05, 4.69) is 10.1 Å². The van der Waals surface area contributed by atoms with Crippen LogP contribution < -0.4 is 5.73 Å². The molecule has 0 radical (unpaired) electrons. The Labute approximate surface area is 96.9 Å². The van der Waals surface area contributed by atoms with Gasteiger partial charge in [0.25, 0.3) is 0 Å². The second-order valence-electron chi connectivity index (χ2n) is 3.49. The molecule has 2 N–H and O–H groups in total. The van der Waals surface area contributed by atoms with E-state index in [0.717, 1.165) is 11.1 Å². The molecule has 0 fully saturated rings. The van der Waals surface area contributed by atoms with Crippen molar-refractivity contribution in [2.45, 2.75) is 0 Å². The minimum atomic E-state index is 0.336. The molecule has 0 unspecified atom stereocenters. The zero-order chi connectivity index (χ0) is 11.7. The molecule has 0 bridgehead atoms. The van der Waals surface area contributed by atoms with Crippen molar-refractivity contribution in [3.05, 3.63) is 42.9 Å². The molecular formula is C12H9N3O2. The van der Waals surface area contributed by atoms with Gasteiger partial charge in [0, 0.05) is 12.4 Å². The largest absolute Gasteiger partial charge is 0.461 e. The molecule has 0 aliphatic rings. The lowest BCUT2D eigenvalue weighted by Crippen LogP contribution is -1.88. The molecule has 17 heavy (non-hydrogen) atoms. The van der Waals surface area contributed by atoms with Crippen molar-refractivity contribution in [3.63, 3.8) is 0 Å². The Morgan fingerprint density at radius 2 is 1.94 bits per heavy atom. The summed E-state index contributed by atoms with van der Waals surface area (Å²) in [6.45, 7) is 0. The van der Waals surface area contributed by atoms with Crippen LogP contribution in [0.4, 0.5) is 5.82 Å². The van der Waals surface area contributed by atoms with E-state index in [9.17, 15) is 0 Å². The summed E-state index contributed by atoms with van der Waals surface area (Å²) < 4.78 is 10.5. The van der Waals surface area contributed by atoms with Crippen LogP contribution in [0.15, 0.2) is 51.9 Å². The number of anilines is 1. The van der Waals surface area contributed by atoms with Crippen LogP contribution >= 0.6 is 0 Å². The lowest BCUT2D eigenvalue weighted by atomic mass is 10.1. The number of hydrogen-bond donors (Lipinski definition) is 1. The maximum atomic E-state index is 5.81. The van der Waals surface area contributed by atoms with Gasteiger partial charge in [-0.05, 0) is 29.8 Å². The third-order valence-electron chi connectivity index (χ3n) is 2.43. The minimum absolute atomic E-state index is 0.336. The molecule has 0 aromatic carbocycles. The van der Waals surface area contributed by atoms with Crippen LogP contribution in [-0.2, 0) is 0 Å². The van der Waals surface area contributed by atoms with E-state index in [0.29, 0.717) is 17.3 Å². The van der Waals surface area contributed by atoms with Crippen LogP contribution in [0.5, 0.6) is 0 Å². The normalized spacial score (nSPS) is 10.6. The lowest BCUT2D eigenvalue weighted by molar-refractivity contribution is 0.421. The van der Waals surface area contributed by atoms with Crippen molar-refractivity contribution >= 4 is 5.82 Å². The number of hydrogen-bond acceptors (Lipinski definition) is 5. The zero-order valence-electron chi connectivity index (χ0n) is 8.83. The van der Waals surface area contributed by atoms with E-state index in [-0.39, 0.29) is 0 Å². The lowest BCUT2D eigenvalue weighted by Gasteiger charge is -1.99. The van der Waals surface area contributed by atoms with Crippen LogP contribution in [0.3, 0.4) is 0 Å². The van der Waals surface area contributed by atoms with E-state index in [1.165, 1.54) is 0 Å². The van der Waals surface area contributed by atoms with Gasteiger partial charge in [-0.3, -0.25) is 4.98 Å². The first-order chi connectivity index (χ1) is 8.36. The molecule has 3 aromatic heterocycles. The number of pyridine rings is 1. The summed E-state index contributed by atoms with van der Waals surface area (Å²) in [6.07, 6.45) is 4.95. The summed E-state index contributed by atoms with van der Waals surface area (Å²) in [4.78, 5) is 3.96. The third-order valence-corrected chi connectivity index (χ3v) is 2.43. The number of aromatic nitrogens is 2. The van der Waals surface area contributed by atoms with Gasteiger partial charge < -0.3 is 14.7 Å². The van der Waals surface area contributed by atoms with Gasteiger partial charge >= 0.3 is 0 Å². The summed E-state index contributed by atoms with van der Waals surface area (Å²) in [7, 11) is 0. The standard InChI is InChI=1S/C12H9N3O2/c13-12-10(8-3-5-14-6-4-8)11(17-15-12)9-2-1-7-16-9/h1-7H,(H2,13,15). The first kappa shape index (κ1) is 9.65. The first-order valence-electron chi connectivity index (χ1n) is 5.05. The van der Waals surface area contributed by atoms with E-state index >= 15 is 0 Å². The van der Waals surface area contributed by atoms with Crippen molar-refractivity contribution in [1.82, 2.24) is 10.1 Å². The number of nitrogens with zero attached hydrogens (tertiary/aromatic N) is 2. The Hall–Kier alpha value is -2.56. The number of nitrogens with two attached hydrogens (primary N) is 1. The molecule has 84 valence electrons. The summed E-state index contributed by atoms with van der Waals surface area (Å²) >= 11 is 0. The number of furan rings is 1. The fourth-order valence-electron chi connectivity index (χ4n) is 1.68. The van der Waals surface area contributed by atoms with Crippen LogP contribution in [0.2, 0.25) is 0 Å². The first-order valence-corrected chi connectivity index (χ1v) is 5.05. The van der Waals surface area contributed by atoms with Gasteiger partial charge in [-0.15, -0.1) is 0 Å². The summed E-state index contributed by atoms with van der Waals surface area (Å²) in [5.74, 6) is 1.46. The average Bonchev–Trinajstić information content (AvgIpc) is 2.98. The molecule has 3 aromatic rings. The summed E-state index contributed by atoms with van der Waals surface area (Å²) in [5, 5.41) is 3.77. The van der Waals surface area contributed by atoms with E-state index in [1.54, 1.807) is 30.8 Å². The van der Waals surface area contributed by atoms with Gasteiger partial charge in [0.2, 0.25) is 5.76 Å². The maximum Gasteiger partial charge on any atom is 0.212 e. The smallest absolute Gasteiger partial charge is 0.212 e. The Morgan fingerprint density at radius 3 is 2.65 bits per heavy atom. The van der Waals surface area contributed by atoms with Crippen molar-refractivity contribution in [1.29, 1.82) is 0 Å². The van der Waals surface area contributed by atoms with Gasteiger partial charge in [-0.2, -0.15) is 0 Å². The zero-order valence-corrected chi connectivity index (χ0v) is 8.83. The second-order valence-corrected chi connectivity index (χ2v) is 3.49. The predicted molar refractivity (Wildman–Crippen MR) is 61.8 cm³/mol. The highest BCUT2D eigenvalue weighted by atomic mass is 16.5. The summed E-state index contributed by atoms with van der Waals surface area (Å²) in [5.41, 5.74) is 7.43. The Kier molecular flexibility index (Phi) is 2.15. The van der Waals surface area contributed by atoms with Crippen molar-refractivity contribution < 1.29 is 8.94 Å². The molecule has 3 rings (SSSR count). The monoisotopic (exact) mass is 227 g/mol. The molecule has 0 aliphatic carbocycles. The topological polar surface area (TPSA) is 78.1 Å². The van der Waals surface area contributed by atoms with Crippen LogP contribution in [-0.4, -0.2) is 10.1 Å². The molecule has 5 heteroatoms. The predicted octanol–water partition coefficient (Wildman–Crippen LogP) is 2.58. The third kappa shape index (κ3) is 1.57. The van der Waals surface area contributed by atoms with E-state index < -0.39 is 0 Å². The average molecular weight is 227 g/mol. The van der Waals surface area contributed by atoms with Crippen molar-refractivity contribution in [2.75, 3.05) is 5.73 Å². The quantitative estimate of drug-likeness (QED) is 0.727.